The van der Waals surface area contributed by atoms with Gasteiger partial charge < -0.3 is 15.6 Å². The number of carbonyl (C=O) groups excluding carboxylic acids is 1. The van der Waals surface area contributed by atoms with Crippen molar-refractivity contribution in [1.29, 1.82) is 0 Å². The molecule has 6 heteroatoms. The first kappa shape index (κ1) is 17.1. The van der Waals surface area contributed by atoms with Crippen molar-refractivity contribution in [3.05, 3.63) is 59.7 Å². The number of carbonyl (C=O) groups is 2. The average Bonchev–Trinajstić information content (AvgIpc) is 2.62. The molecule has 0 radical (unpaired) electrons. The molecule has 1 aliphatic heterocycles. The van der Waals surface area contributed by atoms with Crippen molar-refractivity contribution in [3.8, 4) is 11.1 Å². The van der Waals surface area contributed by atoms with Gasteiger partial charge in [0.05, 0.1) is 12.2 Å². The zero-order valence-electron chi connectivity index (χ0n) is 13.7. The minimum absolute atomic E-state index is 0.285. The maximum atomic E-state index is 11.4. The van der Waals surface area contributed by atoms with Gasteiger partial charge in [-0.15, -0.1) is 0 Å². The molecule has 130 valence electrons. The second-order valence-electron chi connectivity index (χ2n) is 6.04. The second kappa shape index (κ2) is 7.46. The number of carboxylic acid groups (broad SMARTS) is 1. The fourth-order valence-electron chi connectivity index (χ4n) is 2.99. The molecule has 0 spiro atoms. The lowest BCUT2D eigenvalue weighted by Crippen LogP contribution is -2.47. The molecular weight excluding hydrogens is 320 g/mol. The van der Waals surface area contributed by atoms with E-state index in [0.29, 0.717) is 25.3 Å². The number of nitrogens with zero attached hydrogens (tertiary/aromatic N) is 1. The number of morpholine rings is 1. The number of nitrogens with two attached hydrogens (primary N) is 1. The van der Waals surface area contributed by atoms with Crippen LogP contribution in [0.4, 0.5) is 0 Å². The number of benzene rings is 2. The third-order valence-electron chi connectivity index (χ3n) is 4.30. The maximum Gasteiger partial charge on any atom is 0.336 e. The summed E-state index contributed by atoms with van der Waals surface area (Å²) in [5.41, 5.74) is 8.23. The molecule has 3 rings (SSSR count). The highest BCUT2D eigenvalue weighted by atomic mass is 16.5. The van der Waals surface area contributed by atoms with Crippen molar-refractivity contribution >= 4 is 11.9 Å². The van der Waals surface area contributed by atoms with Gasteiger partial charge in [-0.3, -0.25) is 9.69 Å². The Morgan fingerprint density at radius 1 is 1.16 bits per heavy atom. The molecule has 1 heterocycles. The van der Waals surface area contributed by atoms with Gasteiger partial charge in [0.2, 0.25) is 5.91 Å². The highest BCUT2D eigenvalue weighted by Crippen LogP contribution is 2.24. The monoisotopic (exact) mass is 340 g/mol. The third-order valence-corrected chi connectivity index (χ3v) is 4.30. The van der Waals surface area contributed by atoms with Crippen LogP contribution in [0, 0.1) is 0 Å². The minimum atomic E-state index is -0.939. The molecule has 1 unspecified atom stereocenters. The van der Waals surface area contributed by atoms with Crippen molar-refractivity contribution in [1.82, 2.24) is 4.90 Å². The van der Waals surface area contributed by atoms with Crippen LogP contribution in [0.25, 0.3) is 11.1 Å². The molecule has 25 heavy (non-hydrogen) atoms. The fourth-order valence-corrected chi connectivity index (χ4v) is 2.99. The lowest BCUT2D eigenvalue weighted by atomic mass is 9.98. The predicted molar refractivity (Wildman–Crippen MR) is 93.0 cm³/mol. The van der Waals surface area contributed by atoms with Crippen LogP contribution in [0.15, 0.2) is 48.5 Å². The summed E-state index contributed by atoms with van der Waals surface area (Å²) in [6.45, 7) is 2.40. The SMILES string of the molecule is NC(=O)C1CN(Cc2ccc(-c3ccccc3C(=O)O)cc2)CCO1. The van der Waals surface area contributed by atoms with Gasteiger partial charge in [0.25, 0.3) is 0 Å². The normalized spacial score (nSPS) is 18.0. The van der Waals surface area contributed by atoms with E-state index in [2.05, 4.69) is 4.90 Å². The van der Waals surface area contributed by atoms with Crippen molar-refractivity contribution < 1.29 is 19.4 Å². The molecule has 1 amide bonds. The maximum absolute atomic E-state index is 11.4. The van der Waals surface area contributed by atoms with Crippen LogP contribution in [-0.2, 0) is 16.1 Å². The summed E-state index contributed by atoms with van der Waals surface area (Å²) in [7, 11) is 0. The minimum Gasteiger partial charge on any atom is -0.478 e. The zero-order chi connectivity index (χ0) is 17.8. The van der Waals surface area contributed by atoms with E-state index in [1.165, 1.54) is 0 Å². The summed E-state index contributed by atoms with van der Waals surface area (Å²) >= 11 is 0. The van der Waals surface area contributed by atoms with Crippen LogP contribution >= 0.6 is 0 Å². The standard InChI is InChI=1S/C19H20N2O4/c20-18(22)17-12-21(9-10-25-17)11-13-5-7-14(8-6-13)15-3-1-2-4-16(15)19(23)24/h1-8,17H,9-12H2,(H2,20,22)(H,23,24). The van der Waals surface area contributed by atoms with Crippen molar-refractivity contribution in [3.63, 3.8) is 0 Å². The Balaban J connectivity index is 1.73. The van der Waals surface area contributed by atoms with E-state index in [4.69, 9.17) is 10.5 Å². The zero-order valence-corrected chi connectivity index (χ0v) is 13.7. The number of hydrogen-bond donors (Lipinski definition) is 2. The van der Waals surface area contributed by atoms with Gasteiger partial charge in [0.15, 0.2) is 0 Å². The molecule has 3 N–H and O–H groups in total. The van der Waals surface area contributed by atoms with Crippen molar-refractivity contribution in [2.45, 2.75) is 12.6 Å². The van der Waals surface area contributed by atoms with E-state index in [1.807, 2.05) is 30.3 Å². The largest absolute Gasteiger partial charge is 0.478 e. The first-order valence-electron chi connectivity index (χ1n) is 8.09. The van der Waals surface area contributed by atoms with Gasteiger partial charge >= 0.3 is 5.97 Å². The number of ether oxygens (including phenoxy) is 1. The number of rotatable bonds is 5. The molecule has 1 aliphatic rings. The fraction of sp³-hybridized carbons (Fsp3) is 0.263. The molecule has 2 aromatic carbocycles. The van der Waals surface area contributed by atoms with E-state index in [9.17, 15) is 14.7 Å². The number of aromatic carboxylic acids is 1. The Kier molecular flexibility index (Phi) is 5.11. The number of primary amides is 1. The van der Waals surface area contributed by atoms with Crippen LogP contribution in [0.5, 0.6) is 0 Å². The number of carboxylic acids is 1. The van der Waals surface area contributed by atoms with Gasteiger partial charge in [0.1, 0.15) is 6.10 Å². The lowest BCUT2D eigenvalue weighted by Gasteiger charge is -2.31. The summed E-state index contributed by atoms with van der Waals surface area (Å²) < 4.78 is 5.35. The number of hydrogen-bond acceptors (Lipinski definition) is 4. The van der Waals surface area contributed by atoms with Crippen molar-refractivity contribution in [2.24, 2.45) is 5.73 Å². The molecular formula is C19H20N2O4. The molecule has 1 atom stereocenters. The summed E-state index contributed by atoms with van der Waals surface area (Å²) in [6.07, 6.45) is -0.560. The van der Waals surface area contributed by atoms with E-state index in [0.717, 1.165) is 17.7 Å². The smallest absolute Gasteiger partial charge is 0.336 e. The molecule has 1 saturated heterocycles. The summed E-state index contributed by atoms with van der Waals surface area (Å²) in [5, 5.41) is 9.31. The summed E-state index contributed by atoms with van der Waals surface area (Å²) in [4.78, 5) is 24.7. The Bertz CT molecular complexity index is 773. The van der Waals surface area contributed by atoms with Gasteiger partial charge in [-0.1, -0.05) is 42.5 Å². The summed E-state index contributed by atoms with van der Waals surface area (Å²) in [6, 6.07) is 14.7. The van der Waals surface area contributed by atoms with Crippen LogP contribution in [0.1, 0.15) is 15.9 Å². The molecule has 2 aromatic rings. The number of amides is 1. The van der Waals surface area contributed by atoms with E-state index in [1.54, 1.807) is 18.2 Å². The van der Waals surface area contributed by atoms with Crippen LogP contribution in [0.3, 0.4) is 0 Å². The Morgan fingerprint density at radius 2 is 1.88 bits per heavy atom. The third kappa shape index (κ3) is 4.04. The van der Waals surface area contributed by atoms with E-state index >= 15 is 0 Å². The van der Waals surface area contributed by atoms with Gasteiger partial charge in [-0.25, -0.2) is 4.79 Å². The predicted octanol–water partition coefficient (Wildman–Crippen LogP) is 1.74. The van der Waals surface area contributed by atoms with Crippen LogP contribution < -0.4 is 5.73 Å². The lowest BCUT2D eigenvalue weighted by molar-refractivity contribution is -0.135. The molecule has 0 bridgehead atoms. The summed E-state index contributed by atoms with van der Waals surface area (Å²) in [5.74, 6) is -1.38. The molecule has 0 aliphatic carbocycles. The molecule has 6 nitrogen and oxygen atoms in total. The first-order chi connectivity index (χ1) is 12.0. The van der Waals surface area contributed by atoms with Crippen LogP contribution in [0.2, 0.25) is 0 Å². The van der Waals surface area contributed by atoms with Gasteiger partial charge in [-0.2, -0.15) is 0 Å². The average molecular weight is 340 g/mol. The van der Waals surface area contributed by atoms with Gasteiger partial charge in [0, 0.05) is 19.6 Å². The topological polar surface area (TPSA) is 92.9 Å². The van der Waals surface area contributed by atoms with E-state index in [-0.39, 0.29) is 5.56 Å². The molecule has 0 aromatic heterocycles. The van der Waals surface area contributed by atoms with Crippen molar-refractivity contribution in [2.75, 3.05) is 19.7 Å². The molecule has 1 fully saturated rings. The highest BCUT2D eigenvalue weighted by Gasteiger charge is 2.24. The van der Waals surface area contributed by atoms with Crippen LogP contribution in [-0.4, -0.2) is 47.7 Å². The van der Waals surface area contributed by atoms with E-state index < -0.39 is 18.0 Å². The Hall–Kier alpha value is -2.70. The van der Waals surface area contributed by atoms with Gasteiger partial charge in [-0.05, 0) is 22.8 Å². The molecule has 0 saturated carbocycles. The first-order valence-corrected chi connectivity index (χ1v) is 8.09. The second-order valence-corrected chi connectivity index (χ2v) is 6.04. The highest BCUT2D eigenvalue weighted by molar-refractivity contribution is 5.95. The Labute approximate surface area is 145 Å². The quantitative estimate of drug-likeness (QED) is 0.865. The Morgan fingerprint density at radius 3 is 2.56 bits per heavy atom.